The number of nitrogens with zero attached hydrogens (tertiary/aromatic N) is 2. The SMILES string of the molecule is CN1C(=O)N[C@H]2CS[C@@H](CCCCC(=O)NCCCCCC(=O)ON3C(=O)CCC3=O)[C@H]21. The van der Waals surface area contributed by atoms with Gasteiger partial charge >= 0.3 is 12.0 Å². The maximum Gasteiger partial charge on any atom is 0.333 e. The Bertz CT molecular complexity index is 732. The summed E-state index contributed by atoms with van der Waals surface area (Å²) in [5, 5.41) is 6.91. The van der Waals surface area contributed by atoms with Crippen LogP contribution in [0.3, 0.4) is 0 Å². The molecule has 0 unspecified atom stereocenters. The monoisotopic (exact) mass is 468 g/mol. The highest BCUT2D eigenvalue weighted by Gasteiger charge is 2.46. The Balaban J connectivity index is 1.16. The van der Waals surface area contributed by atoms with Crippen LogP contribution in [0.2, 0.25) is 0 Å². The molecule has 0 aromatic heterocycles. The van der Waals surface area contributed by atoms with Gasteiger partial charge in [-0.1, -0.05) is 12.8 Å². The van der Waals surface area contributed by atoms with Crippen LogP contribution in [0, 0.1) is 0 Å². The molecule has 0 aromatic carbocycles. The molecule has 2 N–H and O–H groups in total. The normalized spacial score (nSPS) is 24.7. The van der Waals surface area contributed by atoms with Gasteiger partial charge in [0.2, 0.25) is 5.91 Å². The highest BCUT2D eigenvalue weighted by atomic mass is 32.2. The first-order valence-corrected chi connectivity index (χ1v) is 12.4. The Hall–Kier alpha value is -2.30. The number of amides is 5. The van der Waals surface area contributed by atoms with Crippen LogP contribution < -0.4 is 10.6 Å². The fraction of sp³-hybridized carbons (Fsp3) is 0.762. The van der Waals surface area contributed by atoms with Crippen LogP contribution in [0.25, 0.3) is 0 Å². The van der Waals surface area contributed by atoms with E-state index < -0.39 is 17.8 Å². The Kier molecular flexibility index (Phi) is 8.77. The van der Waals surface area contributed by atoms with Crippen molar-refractivity contribution in [1.29, 1.82) is 0 Å². The van der Waals surface area contributed by atoms with Crippen molar-refractivity contribution in [3.05, 3.63) is 0 Å². The van der Waals surface area contributed by atoms with Gasteiger partial charge in [0.25, 0.3) is 11.8 Å². The van der Waals surface area contributed by atoms with Crippen molar-refractivity contribution < 1.29 is 28.8 Å². The van der Waals surface area contributed by atoms with Gasteiger partial charge in [0, 0.05) is 50.3 Å². The molecule has 3 atom stereocenters. The predicted octanol–water partition coefficient (Wildman–Crippen LogP) is 1.34. The molecule has 3 fully saturated rings. The number of carbonyl (C=O) groups excluding carboxylic acids is 5. The Morgan fingerprint density at radius 3 is 2.53 bits per heavy atom. The van der Waals surface area contributed by atoms with E-state index >= 15 is 0 Å². The number of thioether (sulfide) groups is 1. The number of fused-ring (bicyclic) bond motifs is 1. The predicted molar refractivity (Wildman–Crippen MR) is 117 cm³/mol. The average Bonchev–Trinajstić information content (AvgIpc) is 3.39. The third-order valence-electron chi connectivity index (χ3n) is 6.08. The van der Waals surface area contributed by atoms with E-state index in [1.54, 1.807) is 0 Å². The van der Waals surface area contributed by atoms with Crippen molar-refractivity contribution in [2.24, 2.45) is 0 Å². The van der Waals surface area contributed by atoms with E-state index in [9.17, 15) is 24.0 Å². The van der Waals surface area contributed by atoms with E-state index in [1.807, 2.05) is 23.7 Å². The molecule has 0 aliphatic carbocycles. The largest absolute Gasteiger partial charge is 0.356 e. The van der Waals surface area contributed by atoms with Gasteiger partial charge in [0.1, 0.15) is 0 Å². The molecule has 0 radical (unpaired) electrons. The van der Waals surface area contributed by atoms with E-state index in [-0.39, 0.29) is 43.3 Å². The second-order valence-electron chi connectivity index (χ2n) is 8.48. The van der Waals surface area contributed by atoms with E-state index in [2.05, 4.69) is 10.6 Å². The summed E-state index contributed by atoms with van der Waals surface area (Å²) in [5.74, 6) is -0.556. The molecule has 5 amide bonds. The van der Waals surface area contributed by atoms with Crippen molar-refractivity contribution in [1.82, 2.24) is 20.6 Å². The molecule has 0 spiro atoms. The molecule has 3 heterocycles. The minimum absolute atomic E-state index is 0.0124. The van der Waals surface area contributed by atoms with Crippen LogP contribution in [0.15, 0.2) is 0 Å². The Morgan fingerprint density at radius 1 is 1.06 bits per heavy atom. The van der Waals surface area contributed by atoms with Crippen LogP contribution in [0.5, 0.6) is 0 Å². The zero-order chi connectivity index (χ0) is 23.1. The van der Waals surface area contributed by atoms with Gasteiger partial charge in [0.15, 0.2) is 0 Å². The lowest BCUT2D eigenvalue weighted by atomic mass is 10.0. The minimum Gasteiger partial charge on any atom is -0.356 e. The summed E-state index contributed by atoms with van der Waals surface area (Å²) in [4.78, 5) is 64.9. The lowest BCUT2D eigenvalue weighted by Crippen LogP contribution is -2.38. The van der Waals surface area contributed by atoms with E-state index in [0.717, 1.165) is 37.9 Å². The first kappa shape index (κ1) is 24.3. The zero-order valence-corrected chi connectivity index (χ0v) is 19.3. The summed E-state index contributed by atoms with van der Waals surface area (Å²) in [6.07, 6.45) is 5.62. The quantitative estimate of drug-likeness (QED) is 0.251. The molecule has 0 saturated carbocycles. The molecule has 32 heavy (non-hydrogen) atoms. The molecule has 3 aliphatic rings. The number of urea groups is 1. The number of likely N-dealkylation sites (N-methyl/N-ethyl adjacent to an activating group) is 1. The number of nitrogens with one attached hydrogen (secondary N) is 2. The highest BCUT2D eigenvalue weighted by molar-refractivity contribution is 8.00. The second kappa shape index (κ2) is 11.5. The number of hydrogen-bond acceptors (Lipinski definition) is 7. The topological polar surface area (TPSA) is 125 Å². The van der Waals surface area contributed by atoms with Crippen molar-refractivity contribution in [2.45, 2.75) is 81.5 Å². The number of imide groups is 1. The third kappa shape index (κ3) is 6.36. The van der Waals surface area contributed by atoms with Crippen LogP contribution in [-0.2, 0) is 24.0 Å². The number of carbonyl (C=O) groups is 5. The standard InChI is InChI=1S/C21H32N4O6S/c1-24-20-14(23-21(24)30)13-32-15(20)7-4-5-8-16(26)22-12-6-2-3-9-19(29)31-25-17(27)10-11-18(25)28/h14-15,20H,2-13H2,1H3,(H,22,26)(H,23,30)/t14-,15-,20-/m0/s1. The first-order valence-electron chi connectivity index (χ1n) is 11.3. The lowest BCUT2D eigenvalue weighted by molar-refractivity contribution is -0.197. The van der Waals surface area contributed by atoms with Crippen LogP contribution >= 0.6 is 11.8 Å². The van der Waals surface area contributed by atoms with Crippen LogP contribution in [0.4, 0.5) is 4.79 Å². The van der Waals surface area contributed by atoms with E-state index in [0.29, 0.717) is 29.7 Å². The Labute approximate surface area is 192 Å². The van der Waals surface area contributed by atoms with Gasteiger partial charge in [-0.15, -0.1) is 5.06 Å². The fourth-order valence-electron chi connectivity index (χ4n) is 4.30. The first-order chi connectivity index (χ1) is 15.4. The van der Waals surface area contributed by atoms with E-state index in [4.69, 9.17) is 4.84 Å². The summed E-state index contributed by atoms with van der Waals surface area (Å²) in [5.41, 5.74) is 0. The van der Waals surface area contributed by atoms with Crippen molar-refractivity contribution in [3.63, 3.8) is 0 Å². The summed E-state index contributed by atoms with van der Waals surface area (Å²) in [6.45, 7) is 0.553. The van der Waals surface area contributed by atoms with Gasteiger partial charge < -0.3 is 20.4 Å². The number of rotatable bonds is 12. The molecular formula is C21H32N4O6S. The lowest BCUT2D eigenvalue weighted by Gasteiger charge is -2.23. The van der Waals surface area contributed by atoms with Gasteiger partial charge in [-0.05, 0) is 25.7 Å². The van der Waals surface area contributed by atoms with Crippen molar-refractivity contribution in [2.75, 3.05) is 19.3 Å². The van der Waals surface area contributed by atoms with E-state index in [1.165, 1.54) is 0 Å². The molecule has 3 saturated heterocycles. The zero-order valence-electron chi connectivity index (χ0n) is 18.5. The smallest absolute Gasteiger partial charge is 0.333 e. The fourth-order valence-corrected chi connectivity index (χ4v) is 5.94. The molecule has 3 rings (SSSR count). The number of unbranched alkanes of at least 4 members (excludes halogenated alkanes) is 3. The highest BCUT2D eigenvalue weighted by Crippen LogP contribution is 2.36. The average molecular weight is 469 g/mol. The van der Waals surface area contributed by atoms with Gasteiger partial charge in [0.05, 0.1) is 12.1 Å². The molecular weight excluding hydrogens is 436 g/mol. The number of hydrogen-bond donors (Lipinski definition) is 2. The summed E-state index contributed by atoms with van der Waals surface area (Å²) in [6, 6.07) is 0.520. The summed E-state index contributed by atoms with van der Waals surface area (Å²) >= 11 is 1.91. The van der Waals surface area contributed by atoms with Gasteiger partial charge in [-0.2, -0.15) is 11.8 Å². The maximum atomic E-state index is 12.0. The second-order valence-corrected chi connectivity index (χ2v) is 9.75. The molecule has 0 aromatic rings. The maximum absolute atomic E-state index is 12.0. The van der Waals surface area contributed by atoms with Crippen LogP contribution in [0.1, 0.15) is 64.2 Å². The summed E-state index contributed by atoms with van der Waals surface area (Å²) in [7, 11) is 1.85. The van der Waals surface area contributed by atoms with Crippen LogP contribution in [-0.4, -0.2) is 76.4 Å². The molecule has 3 aliphatic heterocycles. The molecule has 0 bridgehead atoms. The molecule has 11 heteroatoms. The molecule has 10 nitrogen and oxygen atoms in total. The van der Waals surface area contributed by atoms with Crippen molar-refractivity contribution in [3.8, 4) is 0 Å². The third-order valence-corrected chi connectivity index (χ3v) is 7.57. The Morgan fingerprint density at radius 2 is 1.78 bits per heavy atom. The summed E-state index contributed by atoms with van der Waals surface area (Å²) < 4.78 is 0. The van der Waals surface area contributed by atoms with Gasteiger partial charge in [-0.25, -0.2) is 9.59 Å². The minimum atomic E-state index is -0.590. The van der Waals surface area contributed by atoms with Gasteiger partial charge in [-0.3, -0.25) is 14.4 Å². The molecule has 178 valence electrons. The van der Waals surface area contributed by atoms with Crippen molar-refractivity contribution >= 4 is 41.5 Å². The number of hydroxylamine groups is 2.